The fraction of sp³-hybridized carbons (Fsp3) is 0.571. The number of hydrogen-bond acceptors (Lipinski definition) is 3. The van der Waals surface area contributed by atoms with Crippen molar-refractivity contribution in [1.29, 1.82) is 0 Å². The first-order valence-electron chi connectivity index (χ1n) is 3.59. The molecule has 76 valence electrons. The molecule has 0 aliphatic carbocycles. The fourth-order valence-corrected chi connectivity index (χ4v) is 0.318. The van der Waals surface area contributed by atoms with Gasteiger partial charge < -0.3 is 4.74 Å². The van der Waals surface area contributed by atoms with Crippen molar-refractivity contribution in [2.45, 2.75) is 20.3 Å². The Bertz CT molecular complexity index is 185. The lowest BCUT2D eigenvalue weighted by atomic mass is 10.4. The molecule has 13 heavy (non-hydrogen) atoms. The molecule has 0 atom stereocenters. The molecule has 0 aliphatic heterocycles. The average Bonchev–Trinajstić information content (AvgIpc) is 1.98. The minimum atomic E-state index is -2.87. The first-order valence-corrected chi connectivity index (χ1v) is 4.76. The van der Waals surface area contributed by atoms with E-state index in [0.717, 1.165) is 6.42 Å². The largest absolute Gasteiger partial charge is 0.692 e. The average molecular weight is 209 g/mol. The molecule has 0 aromatic carbocycles. The molecule has 0 heterocycles. The minimum Gasteiger partial charge on any atom is -0.462 e. The maximum Gasteiger partial charge on any atom is 0.692 e. The fourth-order valence-electron chi connectivity index (χ4n) is 0.318. The van der Waals surface area contributed by atoms with Crippen LogP contribution in [0.1, 0.15) is 20.3 Å². The van der Waals surface area contributed by atoms with Crippen molar-refractivity contribution in [1.82, 2.24) is 0 Å². The van der Waals surface area contributed by atoms with E-state index in [2.05, 4.69) is 6.58 Å². The highest BCUT2D eigenvalue weighted by Crippen LogP contribution is 1.98. The minimum absolute atomic E-state index is 0.295. The zero-order chi connectivity index (χ0) is 10.9. The third-order valence-electron chi connectivity index (χ3n) is 0.786. The van der Waals surface area contributed by atoms with Crippen LogP contribution in [0.25, 0.3) is 0 Å². The van der Waals surface area contributed by atoms with Crippen LogP contribution in [0.4, 0.5) is 0 Å². The summed E-state index contributed by atoms with van der Waals surface area (Å²) in [5, 5.41) is 0. The summed E-state index contributed by atoms with van der Waals surface area (Å²) in [6.45, 7) is 7.51. The molecule has 0 unspecified atom stereocenters. The predicted octanol–water partition coefficient (Wildman–Crippen LogP) is 1.14. The summed E-state index contributed by atoms with van der Waals surface area (Å²) in [5.41, 5.74) is 0.462. The topological polar surface area (TPSA) is 83.8 Å². The molecule has 0 bridgehead atoms. The lowest BCUT2D eigenvalue weighted by Crippen LogP contribution is -2.04. The number of hydrogen-bond donors (Lipinski definition) is 2. The second-order valence-corrected chi connectivity index (χ2v) is 2.67. The van der Waals surface area contributed by atoms with Crippen molar-refractivity contribution >= 4 is 14.2 Å². The van der Waals surface area contributed by atoms with Gasteiger partial charge in [-0.2, -0.15) is 0 Å². The molecule has 0 spiro atoms. The van der Waals surface area contributed by atoms with Gasteiger partial charge in [0.25, 0.3) is 0 Å². The van der Waals surface area contributed by atoms with Gasteiger partial charge in [-0.25, -0.2) is 4.79 Å². The van der Waals surface area contributed by atoms with E-state index in [1.807, 2.05) is 6.92 Å². The summed E-state index contributed by atoms with van der Waals surface area (Å²) < 4.78 is 13.4. The molecule has 5 nitrogen and oxygen atoms in total. The molecule has 0 amide bonds. The zero-order valence-electron chi connectivity index (χ0n) is 7.69. The molecular weight excluding hydrogens is 195 g/mol. The lowest BCUT2D eigenvalue weighted by molar-refractivity contribution is -0.138. The molecule has 0 aromatic heterocycles. The molecule has 0 fully saturated rings. The van der Waals surface area contributed by atoms with Crippen LogP contribution in [-0.4, -0.2) is 22.4 Å². The van der Waals surface area contributed by atoms with E-state index in [4.69, 9.17) is 19.1 Å². The summed E-state index contributed by atoms with van der Waals surface area (Å²) in [6, 6.07) is 0. The van der Waals surface area contributed by atoms with Crippen molar-refractivity contribution in [3.05, 3.63) is 12.2 Å². The summed E-state index contributed by atoms with van der Waals surface area (Å²) in [5.74, 6) is -0.295. The maximum atomic E-state index is 10.6. The van der Waals surface area contributed by atoms with Crippen molar-refractivity contribution in [2.75, 3.05) is 6.61 Å². The Labute approximate surface area is 78.0 Å². The molecule has 0 saturated heterocycles. The number of rotatable bonds is 3. The van der Waals surface area contributed by atoms with Crippen LogP contribution in [-0.2, 0) is 14.1 Å². The van der Waals surface area contributed by atoms with E-state index in [9.17, 15) is 4.79 Å². The van der Waals surface area contributed by atoms with E-state index in [0.29, 0.717) is 12.2 Å². The smallest absolute Gasteiger partial charge is 0.462 e. The first-order chi connectivity index (χ1) is 5.91. The van der Waals surface area contributed by atoms with Crippen LogP contribution in [0.5, 0.6) is 0 Å². The molecule has 0 aliphatic rings. The highest BCUT2D eigenvalue weighted by Gasteiger charge is 1.99. The van der Waals surface area contributed by atoms with Crippen LogP contribution in [0.15, 0.2) is 12.2 Å². The van der Waals surface area contributed by atoms with Gasteiger partial charge in [0.05, 0.1) is 6.61 Å². The van der Waals surface area contributed by atoms with E-state index in [-0.39, 0.29) is 5.97 Å². The third kappa shape index (κ3) is 18.3. The Hall–Kier alpha value is -0.770. The van der Waals surface area contributed by atoms with Crippen molar-refractivity contribution in [2.24, 2.45) is 0 Å². The van der Waals surface area contributed by atoms with Crippen LogP contribution in [0.2, 0.25) is 0 Å². The molecule has 2 N–H and O–H groups in total. The Morgan fingerprint density at radius 2 is 1.92 bits per heavy atom. The van der Waals surface area contributed by atoms with Gasteiger partial charge in [0, 0.05) is 10.1 Å². The van der Waals surface area contributed by atoms with Gasteiger partial charge in [-0.3, -0.25) is 0 Å². The van der Waals surface area contributed by atoms with Gasteiger partial charge in [0.1, 0.15) is 0 Å². The highest BCUT2D eigenvalue weighted by atomic mass is 31.1. The zero-order valence-corrected chi connectivity index (χ0v) is 8.58. The lowest BCUT2D eigenvalue weighted by Gasteiger charge is -1.99. The third-order valence-corrected chi connectivity index (χ3v) is 0.786. The van der Waals surface area contributed by atoms with Crippen LogP contribution in [0.3, 0.4) is 0 Å². The van der Waals surface area contributed by atoms with E-state index < -0.39 is 8.25 Å². The van der Waals surface area contributed by atoms with Gasteiger partial charge in [0.2, 0.25) is 0 Å². The summed E-state index contributed by atoms with van der Waals surface area (Å²) in [7, 11) is -2.87. The summed E-state index contributed by atoms with van der Waals surface area (Å²) in [4.78, 5) is 24.8. The van der Waals surface area contributed by atoms with Crippen LogP contribution >= 0.6 is 8.25 Å². The van der Waals surface area contributed by atoms with Crippen molar-refractivity contribution < 1.29 is 23.9 Å². The van der Waals surface area contributed by atoms with Crippen LogP contribution in [0, 0.1) is 0 Å². The number of esters is 1. The monoisotopic (exact) mass is 209 g/mol. The Balaban J connectivity index is 0. The van der Waals surface area contributed by atoms with Crippen molar-refractivity contribution in [3.8, 4) is 0 Å². The number of carbonyl (C=O) groups is 1. The summed E-state index contributed by atoms with van der Waals surface area (Å²) in [6.07, 6.45) is 0.860. The van der Waals surface area contributed by atoms with Crippen LogP contribution < -0.4 is 0 Å². The second kappa shape index (κ2) is 9.32. The van der Waals surface area contributed by atoms with Gasteiger partial charge in [-0.1, -0.05) is 13.5 Å². The molecule has 0 radical (unpaired) electrons. The van der Waals surface area contributed by atoms with E-state index in [1.54, 1.807) is 6.92 Å². The molecular formula is C7H14O5P+. The standard InChI is InChI=1S/C7H12O2.HO3P/c1-4-5-9-7(8)6(2)3;1-4(2)3/h2,4-5H2,1,3H3;(H-,1,2,3)/p+1. The quantitative estimate of drug-likeness (QED) is 0.413. The Kier molecular flexibility index (Phi) is 10.6. The molecule has 6 heteroatoms. The molecule has 0 rings (SSSR count). The van der Waals surface area contributed by atoms with E-state index >= 15 is 0 Å². The van der Waals surface area contributed by atoms with Crippen molar-refractivity contribution in [3.63, 3.8) is 0 Å². The molecule has 0 saturated carbocycles. The Morgan fingerprint density at radius 1 is 1.54 bits per heavy atom. The first kappa shape index (κ1) is 14.7. The maximum absolute atomic E-state index is 10.6. The molecule has 0 aromatic rings. The highest BCUT2D eigenvalue weighted by molar-refractivity contribution is 7.30. The second-order valence-electron chi connectivity index (χ2n) is 2.17. The van der Waals surface area contributed by atoms with Gasteiger partial charge in [-0.05, 0) is 13.3 Å². The van der Waals surface area contributed by atoms with Gasteiger partial charge in [0.15, 0.2) is 0 Å². The SMILES string of the molecule is C=C(C)C(=O)OCCC.O=[P+](O)O. The summed E-state index contributed by atoms with van der Waals surface area (Å²) >= 11 is 0. The van der Waals surface area contributed by atoms with Gasteiger partial charge >= 0.3 is 14.2 Å². The van der Waals surface area contributed by atoms with E-state index in [1.165, 1.54) is 0 Å². The normalized spacial score (nSPS) is 8.00. The number of carbonyl (C=O) groups excluding carboxylic acids is 1. The Morgan fingerprint density at radius 3 is 2.15 bits per heavy atom. The number of ether oxygens (including phenoxy) is 1. The predicted molar refractivity (Wildman–Crippen MR) is 48.1 cm³/mol. The van der Waals surface area contributed by atoms with Gasteiger partial charge in [-0.15, -0.1) is 9.79 Å².